The maximum atomic E-state index is 6.01. The molecule has 24 heavy (non-hydrogen) atoms. The highest BCUT2D eigenvalue weighted by molar-refractivity contribution is 6.30. The predicted molar refractivity (Wildman–Crippen MR) is 99.7 cm³/mol. The summed E-state index contributed by atoms with van der Waals surface area (Å²) in [5.41, 5.74) is 1.96. The number of halogens is 1. The van der Waals surface area contributed by atoms with Crippen molar-refractivity contribution in [2.75, 3.05) is 38.1 Å². The van der Waals surface area contributed by atoms with Crippen molar-refractivity contribution in [3.8, 4) is 11.4 Å². The zero-order chi connectivity index (χ0) is 16.5. The summed E-state index contributed by atoms with van der Waals surface area (Å²) in [6, 6.07) is 15.9. The van der Waals surface area contributed by atoms with Crippen LogP contribution in [-0.4, -0.2) is 48.1 Å². The van der Waals surface area contributed by atoms with Gasteiger partial charge in [-0.15, -0.1) is 0 Å². The van der Waals surface area contributed by atoms with Crippen LogP contribution in [0.2, 0.25) is 5.02 Å². The number of anilines is 1. The first-order valence-electron chi connectivity index (χ1n) is 8.17. The Bertz CT molecular complexity index is 855. The van der Waals surface area contributed by atoms with Gasteiger partial charge in [-0.25, -0.2) is 9.97 Å². The molecule has 0 atom stereocenters. The van der Waals surface area contributed by atoms with Crippen LogP contribution in [0.4, 0.5) is 5.82 Å². The molecule has 0 saturated carbocycles. The summed E-state index contributed by atoms with van der Waals surface area (Å²) in [5, 5.41) is 1.83. The van der Waals surface area contributed by atoms with Crippen molar-refractivity contribution in [3.63, 3.8) is 0 Å². The van der Waals surface area contributed by atoms with E-state index < -0.39 is 0 Å². The van der Waals surface area contributed by atoms with Crippen LogP contribution in [0, 0.1) is 0 Å². The minimum atomic E-state index is 0.721. The van der Waals surface area contributed by atoms with E-state index in [4.69, 9.17) is 21.6 Å². The molecule has 0 radical (unpaired) electrons. The first-order chi connectivity index (χ1) is 11.7. The summed E-state index contributed by atoms with van der Waals surface area (Å²) in [5.74, 6) is 1.78. The van der Waals surface area contributed by atoms with Gasteiger partial charge in [-0.05, 0) is 43.4 Å². The molecule has 0 bridgehead atoms. The molecule has 0 unspecified atom stereocenters. The summed E-state index contributed by atoms with van der Waals surface area (Å²) >= 11 is 6.01. The van der Waals surface area contributed by atoms with Crippen molar-refractivity contribution in [1.29, 1.82) is 0 Å². The smallest absolute Gasteiger partial charge is 0.162 e. The molecule has 1 aliphatic heterocycles. The number of piperazine rings is 1. The van der Waals surface area contributed by atoms with E-state index in [1.807, 2.05) is 36.4 Å². The molecule has 3 aromatic rings. The Morgan fingerprint density at radius 3 is 2.33 bits per heavy atom. The fourth-order valence-electron chi connectivity index (χ4n) is 3.05. The molecule has 1 saturated heterocycles. The van der Waals surface area contributed by atoms with Crippen molar-refractivity contribution in [2.45, 2.75) is 0 Å². The molecule has 0 aliphatic carbocycles. The van der Waals surface area contributed by atoms with Crippen molar-refractivity contribution in [2.24, 2.45) is 0 Å². The van der Waals surface area contributed by atoms with Crippen LogP contribution < -0.4 is 4.90 Å². The number of nitrogens with zero attached hydrogens (tertiary/aromatic N) is 4. The lowest BCUT2D eigenvalue weighted by Crippen LogP contribution is -2.45. The number of hydrogen-bond donors (Lipinski definition) is 0. The Kier molecular flexibility index (Phi) is 4.08. The Labute approximate surface area is 146 Å². The maximum Gasteiger partial charge on any atom is 0.162 e. The van der Waals surface area contributed by atoms with E-state index in [-0.39, 0.29) is 0 Å². The SMILES string of the molecule is CN1CCN(c2nc(-c3ccc(Cl)cc3)nc3ccccc23)CC1. The van der Waals surface area contributed by atoms with E-state index in [1.54, 1.807) is 0 Å². The third kappa shape index (κ3) is 2.95. The maximum absolute atomic E-state index is 6.01. The lowest BCUT2D eigenvalue weighted by molar-refractivity contribution is 0.312. The van der Waals surface area contributed by atoms with Crippen LogP contribution in [0.3, 0.4) is 0 Å². The normalized spacial score (nSPS) is 15.8. The molecule has 122 valence electrons. The molecule has 1 aromatic heterocycles. The Balaban J connectivity index is 1.83. The van der Waals surface area contributed by atoms with Crippen LogP contribution in [0.25, 0.3) is 22.3 Å². The topological polar surface area (TPSA) is 32.3 Å². The molecule has 4 nitrogen and oxygen atoms in total. The first-order valence-corrected chi connectivity index (χ1v) is 8.55. The molecular formula is C19H19ClN4. The molecular weight excluding hydrogens is 320 g/mol. The van der Waals surface area contributed by atoms with Gasteiger partial charge >= 0.3 is 0 Å². The highest BCUT2D eigenvalue weighted by Gasteiger charge is 2.19. The average Bonchev–Trinajstić information content (AvgIpc) is 2.62. The van der Waals surface area contributed by atoms with Crippen LogP contribution >= 0.6 is 11.6 Å². The molecule has 2 heterocycles. The lowest BCUT2D eigenvalue weighted by Gasteiger charge is -2.33. The van der Waals surface area contributed by atoms with Crippen LogP contribution in [-0.2, 0) is 0 Å². The minimum absolute atomic E-state index is 0.721. The van der Waals surface area contributed by atoms with E-state index >= 15 is 0 Å². The van der Waals surface area contributed by atoms with Crippen LogP contribution in [0.1, 0.15) is 0 Å². The molecule has 4 rings (SSSR count). The van der Waals surface area contributed by atoms with Gasteiger partial charge in [0.15, 0.2) is 5.82 Å². The number of benzene rings is 2. The third-order valence-electron chi connectivity index (χ3n) is 4.49. The number of aromatic nitrogens is 2. The van der Waals surface area contributed by atoms with Crippen molar-refractivity contribution < 1.29 is 0 Å². The number of hydrogen-bond acceptors (Lipinski definition) is 4. The van der Waals surface area contributed by atoms with Crippen molar-refractivity contribution in [1.82, 2.24) is 14.9 Å². The zero-order valence-corrected chi connectivity index (χ0v) is 14.4. The lowest BCUT2D eigenvalue weighted by atomic mass is 10.1. The molecule has 0 N–H and O–H groups in total. The number of likely N-dealkylation sites (N-methyl/N-ethyl adjacent to an activating group) is 1. The van der Waals surface area contributed by atoms with Gasteiger partial charge in [0.2, 0.25) is 0 Å². The van der Waals surface area contributed by atoms with E-state index in [0.717, 1.165) is 59.3 Å². The van der Waals surface area contributed by atoms with Gasteiger partial charge in [-0.1, -0.05) is 23.7 Å². The highest BCUT2D eigenvalue weighted by atomic mass is 35.5. The van der Waals surface area contributed by atoms with Gasteiger partial charge in [-0.2, -0.15) is 0 Å². The first kappa shape index (κ1) is 15.4. The standard InChI is InChI=1S/C19H19ClN4/c1-23-10-12-24(13-11-23)19-16-4-2-3-5-17(16)21-18(22-19)14-6-8-15(20)9-7-14/h2-9H,10-13H2,1H3. The third-order valence-corrected chi connectivity index (χ3v) is 4.74. The van der Waals surface area contributed by atoms with E-state index in [0.29, 0.717) is 0 Å². The van der Waals surface area contributed by atoms with E-state index in [2.05, 4.69) is 29.0 Å². The average molecular weight is 339 g/mol. The monoisotopic (exact) mass is 338 g/mol. The summed E-state index contributed by atoms with van der Waals surface area (Å²) < 4.78 is 0. The largest absolute Gasteiger partial charge is 0.353 e. The molecule has 2 aromatic carbocycles. The summed E-state index contributed by atoms with van der Waals surface area (Å²) in [6.07, 6.45) is 0. The van der Waals surface area contributed by atoms with Crippen molar-refractivity contribution in [3.05, 3.63) is 53.6 Å². The van der Waals surface area contributed by atoms with Crippen LogP contribution in [0.15, 0.2) is 48.5 Å². The van der Waals surface area contributed by atoms with Gasteiger partial charge < -0.3 is 9.80 Å². The Morgan fingerprint density at radius 2 is 1.58 bits per heavy atom. The van der Waals surface area contributed by atoms with Gasteiger partial charge in [0.05, 0.1) is 5.52 Å². The fraction of sp³-hybridized carbons (Fsp3) is 0.263. The molecule has 0 amide bonds. The van der Waals surface area contributed by atoms with Gasteiger partial charge in [-0.3, -0.25) is 0 Å². The van der Waals surface area contributed by atoms with Crippen LogP contribution in [0.5, 0.6) is 0 Å². The summed E-state index contributed by atoms with van der Waals surface area (Å²) in [7, 11) is 2.16. The highest BCUT2D eigenvalue weighted by Crippen LogP contribution is 2.28. The second-order valence-electron chi connectivity index (χ2n) is 6.19. The molecule has 0 spiro atoms. The van der Waals surface area contributed by atoms with Gasteiger partial charge in [0.25, 0.3) is 0 Å². The van der Waals surface area contributed by atoms with Gasteiger partial charge in [0.1, 0.15) is 5.82 Å². The second-order valence-corrected chi connectivity index (χ2v) is 6.62. The second kappa shape index (κ2) is 6.38. The van der Waals surface area contributed by atoms with E-state index in [9.17, 15) is 0 Å². The number of fused-ring (bicyclic) bond motifs is 1. The zero-order valence-electron chi connectivity index (χ0n) is 13.6. The van der Waals surface area contributed by atoms with Crippen molar-refractivity contribution >= 4 is 28.3 Å². The Morgan fingerprint density at radius 1 is 0.875 bits per heavy atom. The molecule has 5 heteroatoms. The predicted octanol–water partition coefficient (Wildman–Crippen LogP) is 3.70. The number of rotatable bonds is 2. The Hall–Kier alpha value is -2.17. The minimum Gasteiger partial charge on any atom is -0.353 e. The summed E-state index contributed by atoms with van der Waals surface area (Å²) in [6.45, 7) is 4.07. The molecule has 1 aliphatic rings. The fourth-order valence-corrected chi connectivity index (χ4v) is 3.17. The molecule has 1 fully saturated rings. The summed E-state index contributed by atoms with van der Waals surface area (Å²) in [4.78, 5) is 14.4. The van der Waals surface area contributed by atoms with Gasteiger partial charge in [0, 0.05) is 42.2 Å². The quantitative estimate of drug-likeness (QED) is 0.713. The van der Waals surface area contributed by atoms with E-state index in [1.165, 1.54) is 0 Å². The number of para-hydroxylation sites is 1.